The van der Waals surface area contributed by atoms with Crippen molar-refractivity contribution in [3.8, 4) is 0 Å². The standard InChI is InChI=1S/C15H14Cl2N4O3/c16-12-8-10(9-13(17)19-12)18-15(23)21-5-3-20(4-6-21)14(22)11-2-1-7-24-11/h1-2,7-9H,3-6H2,(H,18,19,23). The van der Waals surface area contributed by atoms with E-state index >= 15 is 0 Å². The lowest BCUT2D eigenvalue weighted by atomic mass is 10.3. The fraction of sp³-hybridized carbons (Fsp3) is 0.267. The van der Waals surface area contributed by atoms with Gasteiger partial charge in [-0.3, -0.25) is 4.79 Å². The third kappa shape index (κ3) is 3.80. The monoisotopic (exact) mass is 368 g/mol. The van der Waals surface area contributed by atoms with Crippen LogP contribution in [0.3, 0.4) is 0 Å². The van der Waals surface area contributed by atoms with Crippen molar-refractivity contribution in [2.45, 2.75) is 0 Å². The van der Waals surface area contributed by atoms with Crippen LogP contribution in [-0.2, 0) is 0 Å². The average molecular weight is 369 g/mol. The van der Waals surface area contributed by atoms with Gasteiger partial charge in [-0.05, 0) is 24.3 Å². The van der Waals surface area contributed by atoms with Crippen LogP contribution in [0.5, 0.6) is 0 Å². The quantitative estimate of drug-likeness (QED) is 0.826. The largest absolute Gasteiger partial charge is 0.459 e. The third-order valence-electron chi connectivity index (χ3n) is 3.60. The maximum Gasteiger partial charge on any atom is 0.321 e. The van der Waals surface area contributed by atoms with Crippen LogP contribution in [0.25, 0.3) is 0 Å². The van der Waals surface area contributed by atoms with E-state index in [0.717, 1.165) is 0 Å². The molecule has 7 nitrogen and oxygen atoms in total. The van der Waals surface area contributed by atoms with Gasteiger partial charge in [-0.25, -0.2) is 9.78 Å². The van der Waals surface area contributed by atoms with Gasteiger partial charge in [0.05, 0.1) is 6.26 Å². The van der Waals surface area contributed by atoms with Gasteiger partial charge in [-0.1, -0.05) is 23.2 Å². The normalized spacial score (nSPS) is 14.6. The number of carbonyl (C=O) groups is 2. The van der Waals surface area contributed by atoms with Gasteiger partial charge in [0.15, 0.2) is 5.76 Å². The second kappa shape index (κ2) is 7.11. The fourth-order valence-electron chi connectivity index (χ4n) is 2.41. The molecule has 0 spiro atoms. The molecular weight excluding hydrogens is 355 g/mol. The fourth-order valence-corrected chi connectivity index (χ4v) is 2.87. The summed E-state index contributed by atoms with van der Waals surface area (Å²) in [4.78, 5) is 31.6. The number of amides is 3. The Kier molecular flexibility index (Phi) is 4.92. The topological polar surface area (TPSA) is 78.7 Å². The Bertz CT molecular complexity index is 723. The lowest BCUT2D eigenvalue weighted by Gasteiger charge is -2.34. The van der Waals surface area contributed by atoms with Gasteiger partial charge in [-0.15, -0.1) is 0 Å². The van der Waals surface area contributed by atoms with E-state index in [1.807, 2.05) is 0 Å². The van der Waals surface area contributed by atoms with E-state index in [2.05, 4.69) is 10.3 Å². The van der Waals surface area contributed by atoms with Crippen molar-refractivity contribution in [2.24, 2.45) is 0 Å². The number of hydrogen-bond donors (Lipinski definition) is 1. The molecule has 0 saturated carbocycles. The molecule has 1 saturated heterocycles. The summed E-state index contributed by atoms with van der Waals surface area (Å²) >= 11 is 11.6. The number of carbonyl (C=O) groups excluding carboxylic acids is 2. The van der Waals surface area contributed by atoms with E-state index < -0.39 is 0 Å². The number of aromatic nitrogens is 1. The smallest absolute Gasteiger partial charge is 0.321 e. The SMILES string of the molecule is O=C(Nc1cc(Cl)nc(Cl)c1)N1CCN(C(=O)c2ccco2)CC1. The van der Waals surface area contributed by atoms with Gasteiger partial charge < -0.3 is 19.5 Å². The lowest BCUT2D eigenvalue weighted by Crippen LogP contribution is -2.51. The van der Waals surface area contributed by atoms with E-state index in [9.17, 15) is 9.59 Å². The maximum atomic E-state index is 12.3. The first-order chi connectivity index (χ1) is 11.5. The molecule has 9 heteroatoms. The molecular formula is C15H14Cl2N4O3. The Morgan fingerprint density at radius 1 is 1.08 bits per heavy atom. The molecule has 126 valence electrons. The first kappa shape index (κ1) is 16.6. The van der Waals surface area contributed by atoms with Crippen molar-refractivity contribution >= 4 is 40.8 Å². The molecule has 1 aliphatic heterocycles. The Morgan fingerprint density at radius 2 is 1.71 bits per heavy atom. The van der Waals surface area contributed by atoms with Crippen molar-refractivity contribution in [3.63, 3.8) is 0 Å². The van der Waals surface area contributed by atoms with Crippen molar-refractivity contribution in [1.29, 1.82) is 0 Å². The highest BCUT2D eigenvalue weighted by molar-refractivity contribution is 6.32. The Labute approximate surface area is 148 Å². The summed E-state index contributed by atoms with van der Waals surface area (Å²) < 4.78 is 5.11. The zero-order chi connectivity index (χ0) is 17.1. The van der Waals surface area contributed by atoms with Gasteiger partial charge in [0.25, 0.3) is 5.91 Å². The summed E-state index contributed by atoms with van der Waals surface area (Å²) in [5, 5.41) is 3.12. The van der Waals surface area contributed by atoms with Gasteiger partial charge in [0.2, 0.25) is 0 Å². The highest BCUT2D eigenvalue weighted by atomic mass is 35.5. The summed E-state index contributed by atoms with van der Waals surface area (Å²) in [6, 6.07) is 6.04. The molecule has 1 aliphatic rings. The van der Waals surface area contributed by atoms with Crippen molar-refractivity contribution in [1.82, 2.24) is 14.8 Å². The Hall–Kier alpha value is -2.25. The lowest BCUT2D eigenvalue weighted by molar-refractivity contribution is 0.0640. The van der Waals surface area contributed by atoms with Crippen LogP contribution in [0.2, 0.25) is 10.3 Å². The number of nitrogens with one attached hydrogen (secondary N) is 1. The van der Waals surface area contributed by atoms with Crippen LogP contribution in [0, 0.1) is 0 Å². The molecule has 3 heterocycles. The minimum atomic E-state index is -0.279. The number of halogens is 2. The molecule has 2 aromatic heterocycles. The van der Waals surface area contributed by atoms with Crippen LogP contribution in [-0.4, -0.2) is 52.9 Å². The van der Waals surface area contributed by atoms with E-state index in [4.69, 9.17) is 27.6 Å². The molecule has 0 unspecified atom stereocenters. The molecule has 0 radical (unpaired) electrons. The van der Waals surface area contributed by atoms with E-state index in [-0.39, 0.29) is 22.2 Å². The molecule has 24 heavy (non-hydrogen) atoms. The molecule has 0 aromatic carbocycles. The predicted octanol–water partition coefficient (Wildman–Crippen LogP) is 2.97. The summed E-state index contributed by atoms with van der Waals surface area (Å²) in [6.45, 7) is 1.71. The highest BCUT2D eigenvalue weighted by Crippen LogP contribution is 2.19. The summed E-state index contributed by atoms with van der Waals surface area (Å²) in [5.74, 6) is 0.127. The number of urea groups is 1. The minimum absolute atomic E-state index is 0.173. The highest BCUT2D eigenvalue weighted by Gasteiger charge is 2.26. The average Bonchev–Trinajstić information content (AvgIpc) is 3.07. The van der Waals surface area contributed by atoms with Gasteiger partial charge >= 0.3 is 6.03 Å². The second-order valence-corrected chi connectivity index (χ2v) is 5.96. The summed E-state index contributed by atoms with van der Waals surface area (Å²) in [5.41, 5.74) is 0.471. The van der Waals surface area contributed by atoms with E-state index in [1.54, 1.807) is 21.9 Å². The molecule has 0 atom stereocenters. The molecule has 3 amide bonds. The zero-order valence-corrected chi connectivity index (χ0v) is 14.0. The summed E-state index contributed by atoms with van der Waals surface area (Å²) in [7, 11) is 0. The molecule has 1 N–H and O–H groups in total. The zero-order valence-electron chi connectivity index (χ0n) is 12.5. The number of pyridine rings is 1. The number of hydrogen-bond acceptors (Lipinski definition) is 4. The first-order valence-corrected chi connectivity index (χ1v) is 8.00. The number of anilines is 1. The number of rotatable bonds is 2. The van der Waals surface area contributed by atoms with E-state index in [1.165, 1.54) is 18.4 Å². The van der Waals surface area contributed by atoms with Crippen LogP contribution < -0.4 is 5.32 Å². The van der Waals surface area contributed by atoms with Gasteiger partial charge in [0, 0.05) is 31.9 Å². The Balaban J connectivity index is 1.56. The predicted molar refractivity (Wildman–Crippen MR) is 89.5 cm³/mol. The number of piperazine rings is 1. The molecule has 1 fully saturated rings. The van der Waals surface area contributed by atoms with Crippen LogP contribution in [0.15, 0.2) is 34.9 Å². The molecule has 3 rings (SSSR count). The maximum absolute atomic E-state index is 12.3. The van der Waals surface area contributed by atoms with Crippen LogP contribution in [0.1, 0.15) is 10.6 Å². The Morgan fingerprint density at radius 3 is 2.29 bits per heavy atom. The second-order valence-electron chi connectivity index (χ2n) is 5.19. The van der Waals surface area contributed by atoms with Crippen LogP contribution in [0.4, 0.5) is 10.5 Å². The number of nitrogens with zero attached hydrogens (tertiary/aromatic N) is 3. The summed E-state index contributed by atoms with van der Waals surface area (Å²) in [6.07, 6.45) is 1.46. The first-order valence-electron chi connectivity index (χ1n) is 7.25. The molecule has 0 bridgehead atoms. The van der Waals surface area contributed by atoms with Crippen molar-refractivity contribution < 1.29 is 14.0 Å². The van der Waals surface area contributed by atoms with Gasteiger partial charge in [0.1, 0.15) is 10.3 Å². The van der Waals surface area contributed by atoms with Crippen molar-refractivity contribution in [2.75, 3.05) is 31.5 Å². The van der Waals surface area contributed by atoms with Crippen LogP contribution >= 0.6 is 23.2 Å². The molecule has 0 aliphatic carbocycles. The third-order valence-corrected chi connectivity index (χ3v) is 3.99. The van der Waals surface area contributed by atoms with Crippen molar-refractivity contribution in [3.05, 3.63) is 46.6 Å². The van der Waals surface area contributed by atoms with Gasteiger partial charge in [-0.2, -0.15) is 0 Å². The number of furan rings is 1. The van der Waals surface area contributed by atoms with E-state index in [0.29, 0.717) is 37.6 Å². The molecule has 2 aromatic rings. The minimum Gasteiger partial charge on any atom is -0.459 e.